The summed E-state index contributed by atoms with van der Waals surface area (Å²) in [4.78, 5) is 38.9. The van der Waals surface area contributed by atoms with E-state index in [2.05, 4.69) is 24.0 Å². The van der Waals surface area contributed by atoms with Crippen LogP contribution in [-0.4, -0.2) is 52.7 Å². The molecule has 2 unspecified atom stereocenters. The number of nitrogens with one attached hydrogen (secondary N) is 1. The van der Waals surface area contributed by atoms with Gasteiger partial charge in [0.25, 0.3) is 0 Å². The van der Waals surface area contributed by atoms with Crippen molar-refractivity contribution >= 4 is 18.0 Å². The molecule has 0 saturated carbocycles. The molecule has 1 aliphatic carbocycles. The Morgan fingerprint density at radius 1 is 1.18 bits per heavy atom. The fourth-order valence-corrected chi connectivity index (χ4v) is 4.90. The fraction of sp³-hybridized carbons (Fsp3) is 0.346. The van der Waals surface area contributed by atoms with Crippen molar-refractivity contribution in [1.29, 1.82) is 0 Å². The molecule has 2 N–H and O–H groups in total. The van der Waals surface area contributed by atoms with E-state index in [9.17, 15) is 19.5 Å². The molecule has 1 aliphatic heterocycles. The standard InChI is InChI=1S/C26H28N2O5/c1-3-9-22(23(29)28-15-8-14-26(28,2)24(30)31)27-25(32)33-16-21-19-12-6-4-10-17(19)18-11-5-7-13-20(18)21/h3-7,10-13,21-22H,1,8-9,14-16H2,2H3,(H,27,32)(H,30,31). The molecule has 1 saturated heterocycles. The van der Waals surface area contributed by atoms with Crippen LogP contribution in [0.3, 0.4) is 0 Å². The zero-order valence-electron chi connectivity index (χ0n) is 18.6. The number of likely N-dealkylation sites (tertiary alicyclic amines) is 1. The van der Waals surface area contributed by atoms with Crippen LogP contribution in [-0.2, 0) is 14.3 Å². The fourth-order valence-electron chi connectivity index (χ4n) is 4.90. The summed E-state index contributed by atoms with van der Waals surface area (Å²) >= 11 is 0. The lowest BCUT2D eigenvalue weighted by atomic mass is 9.98. The number of carbonyl (C=O) groups excluding carboxylic acids is 2. The Balaban J connectivity index is 1.45. The molecule has 2 aliphatic rings. The van der Waals surface area contributed by atoms with E-state index in [1.54, 1.807) is 6.92 Å². The minimum atomic E-state index is -1.28. The first-order chi connectivity index (χ1) is 15.9. The van der Waals surface area contributed by atoms with Gasteiger partial charge in [0.2, 0.25) is 5.91 Å². The molecular weight excluding hydrogens is 420 g/mol. The minimum Gasteiger partial charge on any atom is -0.480 e. The monoisotopic (exact) mass is 448 g/mol. The average Bonchev–Trinajstić information content (AvgIpc) is 3.36. The summed E-state index contributed by atoms with van der Waals surface area (Å²) in [5.74, 6) is -1.58. The van der Waals surface area contributed by atoms with Crippen molar-refractivity contribution in [2.24, 2.45) is 0 Å². The maximum Gasteiger partial charge on any atom is 0.407 e. The van der Waals surface area contributed by atoms with Gasteiger partial charge in [-0.1, -0.05) is 54.6 Å². The third-order valence-electron chi connectivity index (χ3n) is 6.70. The van der Waals surface area contributed by atoms with Crippen molar-refractivity contribution in [2.75, 3.05) is 13.2 Å². The number of ether oxygens (including phenoxy) is 1. The molecule has 2 amide bonds. The maximum absolute atomic E-state index is 13.1. The SMILES string of the molecule is C=CCC(NC(=O)OCC1c2ccccc2-c2ccccc21)C(=O)N1CCCC1(C)C(=O)O. The van der Waals surface area contributed by atoms with Crippen molar-refractivity contribution < 1.29 is 24.2 Å². The van der Waals surface area contributed by atoms with Crippen LogP contribution >= 0.6 is 0 Å². The molecule has 2 aromatic carbocycles. The first-order valence-corrected chi connectivity index (χ1v) is 11.1. The highest BCUT2D eigenvalue weighted by atomic mass is 16.5. The van der Waals surface area contributed by atoms with Gasteiger partial charge in [0.15, 0.2) is 0 Å². The number of aliphatic carboxylic acids is 1. The van der Waals surface area contributed by atoms with E-state index >= 15 is 0 Å². The van der Waals surface area contributed by atoms with Gasteiger partial charge in [0.05, 0.1) is 0 Å². The zero-order valence-corrected chi connectivity index (χ0v) is 18.6. The van der Waals surface area contributed by atoms with Crippen LogP contribution in [0.5, 0.6) is 0 Å². The van der Waals surface area contributed by atoms with E-state index in [4.69, 9.17) is 4.74 Å². The summed E-state index contributed by atoms with van der Waals surface area (Å²) in [5, 5.41) is 12.3. The van der Waals surface area contributed by atoms with Crippen molar-refractivity contribution in [3.63, 3.8) is 0 Å². The molecular formula is C26H28N2O5. The number of carbonyl (C=O) groups is 3. The highest BCUT2D eigenvalue weighted by Crippen LogP contribution is 2.44. The lowest BCUT2D eigenvalue weighted by Gasteiger charge is -2.33. The van der Waals surface area contributed by atoms with Gasteiger partial charge in [-0.25, -0.2) is 9.59 Å². The summed E-state index contributed by atoms with van der Waals surface area (Å²) < 4.78 is 5.56. The van der Waals surface area contributed by atoms with Crippen molar-refractivity contribution in [1.82, 2.24) is 10.2 Å². The van der Waals surface area contributed by atoms with E-state index in [0.717, 1.165) is 22.3 Å². The molecule has 2 aromatic rings. The van der Waals surface area contributed by atoms with Gasteiger partial charge in [-0.05, 0) is 48.4 Å². The minimum absolute atomic E-state index is 0.0920. The number of benzene rings is 2. The normalized spacial score (nSPS) is 20.0. The Labute approximate surface area is 193 Å². The van der Waals surface area contributed by atoms with Crippen LogP contribution in [0.25, 0.3) is 11.1 Å². The average molecular weight is 449 g/mol. The van der Waals surface area contributed by atoms with E-state index in [0.29, 0.717) is 19.4 Å². The Hall–Kier alpha value is -3.61. The Morgan fingerprint density at radius 2 is 1.79 bits per heavy atom. The van der Waals surface area contributed by atoms with Crippen molar-refractivity contribution in [3.8, 4) is 11.1 Å². The number of amides is 2. The Morgan fingerprint density at radius 3 is 2.36 bits per heavy atom. The van der Waals surface area contributed by atoms with Gasteiger partial charge in [-0.3, -0.25) is 4.79 Å². The summed E-state index contributed by atoms with van der Waals surface area (Å²) in [6.07, 6.45) is 1.96. The van der Waals surface area contributed by atoms with Gasteiger partial charge in [-0.15, -0.1) is 6.58 Å². The lowest BCUT2D eigenvalue weighted by molar-refractivity contribution is -0.156. The summed E-state index contributed by atoms with van der Waals surface area (Å²) in [5.41, 5.74) is 3.17. The van der Waals surface area contributed by atoms with Crippen LogP contribution in [0.4, 0.5) is 4.79 Å². The predicted octanol–water partition coefficient (Wildman–Crippen LogP) is 3.94. The molecule has 0 bridgehead atoms. The van der Waals surface area contributed by atoms with Gasteiger partial charge in [-0.2, -0.15) is 0 Å². The molecule has 4 rings (SSSR count). The molecule has 33 heavy (non-hydrogen) atoms. The number of carboxylic acid groups (broad SMARTS) is 1. The number of hydrogen-bond acceptors (Lipinski definition) is 4. The number of carboxylic acids is 1. The number of hydrogen-bond donors (Lipinski definition) is 2. The molecule has 172 valence electrons. The molecule has 0 spiro atoms. The van der Waals surface area contributed by atoms with Gasteiger partial charge < -0.3 is 20.1 Å². The van der Waals surface area contributed by atoms with Crippen LogP contribution < -0.4 is 5.32 Å². The summed E-state index contributed by atoms with van der Waals surface area (Å²) in [6, 6.07) is 15.1. The van der Waals surface area contributed by atoms with Crippen LogP contribution in [0.15, 0.2) is 61.2 Å². The van der Waals surface area contributed by atoms with E-state index in [1.165, 1.54) is 11.0 Å². The van der Waals surface area contributed by atoms with E-state index in [-0.39, 0.29) is 18.9 Å². The predicted molar refractivity (Wildman–Crippen MR) is 124 cm³/mol. The first-order valence-electron chi connectivity index (χ1n) is 11.1. The number of alkyl carbamates (subject to hydrolysis) is 1. The second kappa shape index (κ2) is 9.10. The second-order valence-corrected chi connectivity index (χ2v) is 8.72. The quantitative estimate of drug-likeness (QED) is 0.626. The third-order valence-corrected chi connectivity index (χ3v) is 6.70. The molecule has 2 atom stereocenters. The van der Waals surface area contributed by atoms with Crippen molar-refractivity contribution in [2.45, 2.75) is 43.7 Å². The number of fused-ring (bicyclic) bond motifs is 3. The lowest BCUT2D eigenvalue weighted by Crippen LogP contribution is -2.57. The highest BCUT2D eigenvalue weighted by molar-refractivity contribution is 5.92. The molecule has 0 radical (unpaired) electrons. The molecule has 7 nitrogen and oxygen atoms in total. The largest absolute Gasteiger partial charge is 0.480 e. The molecule has 0 aromatic heterocycles. The topological polar surface area (TPSA) is 95.9 Å². The second-order valence-electron chi connectivity index (χ2n) is 8.72. The number of rotatable bonds is 7. The van der Waals surface area contributed by atoms with Crippen LogP contribution in [0.1, 0.15) is 43.2 Å². The Bertz CT molecular complexity index is 1050. The van der Waals surface area contributed by atoms with Crippen LogP contribution in [0.2, 0.25) is 0 Å². The smallest absolute Gasteiger partial charge is 0.407 e. The highest BCUT2D eigenvalue weighted by Gasteiger charge is 2.47. The zero-order chi connectivity index (χ0) is 23.6. The molecule has 7 heteroatoms. The van der Waals surface area contributed by atoms with E-state index < -0.39 is 29.6 Å². The third kappa shape index (κ3) is 4.11. The number of nitrogens with zero attached hydrogens (tertiary/aromatic N) is 1. The van der Waals surface area contributed by atoms with Gasteiger partial charge in [0.1, 0.15) is 18.2 Å². The van der Waals surface area contributed by atoms with Gasteiger partial charge >= 0.3 is 12.1 Å². The van der Waals surface area contributed by atoms with Gasteiger partial charge in [0, 0.05) is 12.5 Å². The Kier molecular flexibility index (Phi) is 6.22. The first kappa shape index (κ1) is 22.6. The van der Waals surface area contributed by atoms with E-state index in [1.807, 2.05) is 36.4 Å². The van der Waals surface area contributed by atoms with Crippen LogP contribution in [0, 0.1) is 0 Å². The molecule has 1 heterocycles. The molecule has 1 fully saturated rings. The summed E-state index contributed by atoms with van der Waals surface area (Å²) in [6.45, 7) is 5.67. The summed E-state index contributed by atoms with van der Waals surface area (Å²) in [7, 11) is 0. The maximum atomic E-state index is 13.1. The van der Waals surface area contributed by atoms with Crippen molar-refractivity contribution in [3.05, 3.63) is 72.3 Å².